The molecule has 1 aliphatic carbocycles. The normalized spacial score (nSPS) is 12.9. The fraction of sp³-hybridized carbons (Fsp3) is 0.381. The highest BCUT2D eigenvalue weighted by atomic mass is 32.1. The maximum Gasteiger partial charge on any atom is 0.341 e. The summed E-state index contributed by atoms with van der Waals surface area (Å²) in [5, 5.41) is 8.30. The van der Waals surface area contributed by atoms with Crippen LogP contribution in [0.4, 0.5) is 5.00 Å². The van der Waals surface area contributed by atoms with Crippen molar-refractivity contribution in [2.45, 2.75) is 32.6 Å². The molecule has 0 saturated heterocycles. The van der Waals surface area contributed by atoms with Gasteiger partial charge in [0.05, 0.1) is 32.6 Å². The Morgan fingerprint density at radius 2 is 2.00 bits per heavy atom. The Morgan fingerprint density at radius 1 is 1.23 bits per heavy atom. The molecule has 160 valence electrons. The van der Waals surface area contributed by atoms with E-state index < -0.39 is 0 Å². The Balaban J connectivity index is 1.70. The molecule has 9 heteroatoms. The highest BCUT2D eigenvalue weighted by Gasteiger charge is 2.26. The molecule has 0 saturated carbocycles. The summed E-state index contributed by atoms with van der Waals surface area (Å²) in [5.74, 6) is 0.953. The maximum absolute atomic E-state index is 12.5. The van der Waals surface area contributed by atoms with Crippen LogP contribution in [0.25, 0.3) is 0 Å². The number of thiocarbonyl (C=S) groups is 1. The number of hydrogen-bond donors (Lipinski definition) is 2. The van der Waals surface area contributed by atoms with Gasteiger partial charge in [-0.15, -0.1) is 11.3 Å². The summed E-state index contributed by atoms with van der Waals surface area (Å²) in [7, 11) is 3.17. The van der Waals surface area contributed by atoms with Crippen molar-refractivity contribution < 1.29 is 19.0 Å². The monoisotopic (exact) mass is 447 g/mol. The quantitative estimate of drug-likeness (QED) is 0.286. The van der Waals surface area contributed by atoms with Crippen molar-refractivity contribution in [3.63, 3.8) is 0 Å². The zero-order chi connectivity index (χ0) is 21.5. The molecule has 2 N–H and O–H groups in total. The molecule has 0 spiro atoms. The number of nitrogens with zero attached hydrogens (tertiary/aromatic N) is 1. The summed E-state index contributed by atoms with van der Waals surface area (Å²) in [6.45, 7) is 2.14. The second-order valence-corrected chi connectivity index (χ2v) is 8.09. The SMILES string of the molecule is CCOC(=O)c1c(NC(=S)NN=Cc2ccc(OC)c(OC)c2)sc2c1CCCC2. The first-order chi connectivity index (χ1) is 14.6. The average molecular weight is 448 g/mol. The second kappa shape index (κ2) is 10.4. The average Bonchev–Trinajstić information content (AvgIpc) is 3.11. The maximum atomic E-state index is 12.5. The van der Waals surface area contributed by atoms with Crippen molar-refractivity contribution >= 4 is 45.9 Å². The number of thiophene rings is 1. The topological polar surface area (TPSA) is 81.2 Å². The number of carbonyl (C=O) groups is 1. The van der Waals surface area contributed by atoms with Crippen LogP contribution >= 0.6 is 23.6 Å². The van der Waals surface area contributed by atoms with Gasteiger partial charge in [-0.25, -0.2) is 4.79 Å². The molecule has 0 amide bonds. The fourth-order valence-electron chi connectivity index (χ4n) is 3.30. The van der Waals surface area contributed by atoms with E-state index in [0.29, 0.717) is 33.8 Å². The molecule has 0 radical (unpaired) electrons. The molecular formula is C21H25N3O4S2. The van der Waals surface area contributed by atoms with Gasteiger partial charge in [-0.1, -0.05) is 0 Å². The first kappa shape index (κ1) is 22.0. The third kappa shape index (κ3) is 5.09. The van der Waals surface area contributed by atoms with Crippen molar-refractivity contribution in [2.75, 3.05) is 26.1 Å². The molecule has 0 bridgehead atoms. The van der Waals surface area contributed by atoms with Gasteiger partial charge >= 0.3 is 5.97 Å². The van der Waals surface area contributed by atoms with Crippen LogP contribution in [0.1, 0.15) is 46.1 Å². The molecule has 3 rings (SSSR count). The van der Waals surface area contributed by atoms with Gasteiger partial charge in [0.15, 0.2) is 16.6 Å². The lowest BCUT2D eigenvalue weighted by Gasteiger charge is -2.12. The largest absolute Gasteiger partial charge is 0.493 e. The number of nitrogens with one attached hydrogen (secondary N) is 2. The van der Waals surface area contributed by atoms with E-state index >= 15 is 0 Å². The number of methoxy groups -OCH3 is 2. The fourth-order valence-corrected chi connectivity index (χ4v) is 4.80. The van der Waals surface area contributed by atoms with Crippen LogP contribution in [-0.4, -0.2) is 38.1 Å². The van der Waals surface area contributed by atoms with Crippen molar-refractivity contribution in [3.8, 4) is 11.5 Å². The van der Waals surface area contributed by atoms with Gasteiger partial charge in [0.25, 0.3) is 0 Å². The number of ether oxygens (including phenoxy) is 3. The summed E-state index contributed by atoms with van der Waals surface area (Å²) in [4.78, 5) is 13.7. The Bertz CT molecular complexity index is 956. The number of aryl methyl sites for hydroxylation is 1. The lowest BCUT2D eigenvalue weighted by molar-refractivity contribution is 0.0526. The van der Waals surface area contributed by atoms with E-state index in [1.165, 1.54) is 4.88 Å². The molecule has 1 aromatic carbocycles. The van der Waals surface area contributed by atoms with Crippen molar-refractivity contribution in [1.29, 1.82) is 0 Å². The van der Waals surface area contributed by atoms with E-state index in [1.807, 2.05) is 12.1 Å². The Hall–Kier alpha value is -2.65. The Kier molecular flexibility index (Phi) is 7.64. The van der Waals surface area contributed by atoms with Crippen LogP contribution in [-0.2, 0) is 17.6 Å². The molecule has 7 nitrogen and oxygen atoms in total. The van der Waals surface area contributed by atoms with Gasteiger partial charge in [-0.05, 0) is 74.2 Å². The van der Waals surface area contributed by atoms with E-state index in [1.54, 1.807) is 44.8 Å². The van der Waals surface area contributed by atoms with E-state index in [4.69, 9.17) is 26.4 Å². The van der Waals surface area contributed by atoms with E-state index in [0.717, 1.165) is 36.8 Å². The first-order valence-corrected chi connectivity index (χ1v) is 10.9. The number of esters is 1. The van der Waals surface area contributed by atoms with E-state index in [9.17, 15) is 4.79 Å². The van der Waals surface area contributed by atoms with Crippen LogP contribution in [0.5, 0.6) is 11.5 Å². The zero-order valence-electron chi connectivity index (χ0n) is 17.2. The highest BCUT2D eigenvalue weighted by Crippen LogP contribution is 2.38. The van der Waals surface area contributed by atoms with Gasteiger partial charge in [0, 0.05) is 4.88 Å². The Morgan fingerprint density at radius 3 is 2.73 bits per heavy atom. The van der Waals surface area contributed by atoms with Gasteiger partial charge in [-0.2, -0.15) is 5.10 Å². The van der Waals surface area contributed by atoms with Crippen molar-refractivity contribution in [2.24, 2.45) is 5.10 Å². The number of anilines is 1. The van der Waals surface area contributed by atoms with Crippen LogP contribution in [0, 0.1) is 0 Å². The molecule has 1 heterocycles. The molecule has 1 aromatic heterocycles. The summed E-state index contributed by atoms with van der Waals surface area (Å²) >= 11 is 6.93. The first-order valence-electron chi connectivity index (χ1n) is 9.71. The number of hydrogen-bond acceptors (Lipinski definition) is 7. The summed E-state index contributed by atoms with van der Waals surface area (Å²) in [6, 6.07) is 5.47. The number of benzene rings is 1. The molecule has 0 aliphatic heterocycles. The minimum absolute atomic E-state index is 0.302. The molecule has 0 atom stereocenters. The number of fused-ring (bicyclic) bond motifs is 1. The van der Waals surface area contributed by atoms with Crippen LogP contribution in [0.2, 0.25) is 0 Å². The summed E-state index contributed by atoms with van der Waals surface area (Å²) in [5.41, 5.74) is 5.31. The predicted molar refractivity (Wildman–Crippen MR) is 123 cm³/mol. The van der Waals surface area contributed by atoms with Crippen molar-refractivity contribution in [3.05, 3.63) is 39.8 Å². The standard InChI is InChI=1S/C21H25N3O4S2/c1-4-28-20(25)18-14-7-5-6-8-17(14)30-19(18)23-21(29)24-22-12-13-9-10-15(26-2)16(11-13)27-3/h9-12H,4-8H2,1-3H3,(H2,23,24,29). The van der Waals surface area contributed by atoms with E-state index in [-0.39, 0.29) is 5.97 Å². The lowest BCUT2D eigenvalue weighted by Crippen LogP contribution is -2.24. The number of carbonyl (C=O) groups excluding carboxylic acids is 1. The minimum Gasteiger partial charge on any atom is -0.493 e. The lowest BCUT2D eigenvalue weighted by atomic mass is 9.95. The summed E-state index contributed by atoms with van der Waals surface area (Å²) < 4.78 is 15.8. The molecule has 0 unspecified atom stereocenters. The third-order valence-corrected chi connectivity index (χ3v) is 6.07. The third-order valence-electron chi connectivity index (χ3n) is 4.67. The second-order valence-electron chi connectivity index (χ2n) is 6.57. The molecule has 0 fully saturated rings. The van der Waals surface area contributed by atoms with Gasteiger partial charge in [0.1, 0.15) is 5.00 Å². The number of hydrazone groups is 1. The zero-order valence-corrected chi connectivity index (χ0v) is 18.9. The van der Waals surface area contributed by atoms with Crippen LogP contribution < -0.4 is 20.2 Å². The number of rotatable bonds is 7. The molecule has 30 heavy (non-hydrogen) atoms. The molecule has 1 aliphatic rings. The van der Waals surface area contributed by atoms with E-state index in [2.05, 4.69) is 15.8 Å². The highest BCUT2D eigenvalue weighted by molar-refractivity contribution is 7.80. The molecular weight excluding hydrogens is 422 g/mol. The minimum atomic E-state index is -0.309. The van der Waals surface area contributed by atoms with Gasteiger partial charge in [-0.3, -0.25) is 5.43 Å². The van der Waals surface area contributed by atoms with Crippen molar-refractivity contribution in [1.82, 2.24) is 5.43 Å². The smallest absolute Gasteiger partial charge is 0.341 e. The Labute approximate surface area is 185 Å². The van der Waals surface area contributed by atoms with Crippen LogP contribution in [0.3, 0.4) is 0 Å². The van der Waals surface area contributed by atoms with Gasteiger partial charge < -0.3 is 19.5 Å². The predicted octanol–water partition coefficient (Wildman–Crippen LogP) is 4.14. The summed E-state index contributed by atoms with van der Waals surface area (Å²) in [6.07, 6.45) is 5.70. The molecule has 2 aromatic rings. The van der Waals surface area contributed by atoms with Gasteiger partial charge in [0.2, 0.25) is 0 Å². The van der Waals surface area contributed by atoms with Crippen LogP contribution in [0.15, 0.2) is 23.3 Å².